The van der Waals surface area contributed by atoms with Crippen molar-refractivity contribution in [3.8, 4) is 0 Å². The van der Waals surface area contributed by atoms with Crippen LogP contribution in [0.25, 0.3) is 0 Å². The molecule has 102 valence electrons. The summed E-state index contributed by atoms with van der Waals surface area (Å²) >= 11 is 0. The third-order valence-corrected chi connectivity index (χ3v) is 2.59. The van der Waals surface area contributed by atoms with Gasteiger partial charge in [-0.15, -0.1) is 4.91 Å². The number of nitroso groups, excluding NO2 is 1. The molecule has 0 saturated carbocycles. The van der Waals surface area contributed by atoms with E-state index in [9.17, 15) is 9.70 Å². The SMILES string of the molecule is O=Nc1ccc(Nc2ccccc2)cc1NCC(=O)O. The van der Waals surface area contributed by atoms with E-state index in [4.69, 9.17) is 5.11 Å². The zero-order valence-corrected chi connectivity index (χ0v) is 10.5. The molecule has 0 heterocycles. The van der Waals surface area contributed by atoms with E-state index in [1.807, 2.05) is 30.3 Å². The van der Waals surface area contributed by atoms with E-state index < -0.39 is 5.97 Å². The first-order valence-corrected chi connectivity index (χ1v) is 5.94. The molecule has 0 amide bonds. The Morgan fingerprint density at radius 2 is 1.85 bits per heavy atom. The molecule has 0 bridgehead atoms. The normalized spacial score (nSPS) is 9.80. The lowest BCUT2D eigenvalue weighted by Gasteiger charge is -2.10. The van der Waals surface area contributed by atoms with Crippen molar-refractivity contribution < 1.29 is 9.90 Å². The van der Waals surface area contributed by atoms with Crippen LogP contribution in [0.3, 0.4) is 0 Å². The summed E-state index contributed by atoms with van der Waals surface area (Å²) in [5.41, 5.74) is 2.17. The lowest BCUT2D eigenvalue weighted by atomic mass is 10.2. The first kappa shape index (κ1) is 13.5. The van der Waals surface area contributed by atoms with E-state index in [0.717, 1.165) is 11.4 Å². The van der Waals surface area contributed by atoms with Crippen LogP contribution in [0, 0.1) is 4.91 Å². The minimum atomic E-state index is -1.01. The third-order valence-electron chi connectivity index (χ3n) is 2.59. The fourth-order valence-electron chi connectivity index (χ4n) is 1.69. The van der Waals surface area contributed by atoms with Gasteiger partial charge in [0.25, 0.3) is 0 Å². The van der Waals surface area contributed by atoms with E-state index in [-0.39, 0.29) is 12.2 Å². The van der Waals surface area contributed by atoms with Crippen LogP contribution in [0.4, 0.5) is 22.7 Å². The molecule has 0 spiro atoms. The summed E-state index contributed by atoms with van der Waals surface area (Å²) in [5, 5.41) is 17.3. The van der Waals surface area contributed by atoms with Gasteiger partial charge in [-0.2, -0.15) is 0 Å². The monoisotopic (exact) mass is 271 g/mol. The molecule has 0 fully saturated rings. The van der Waals surface area contributed by atoms with Crippen molar-refractivity contribution in [2.24, 2.45) is 5.18 Å². The Labute approximate surface area is 115 Å². The van der Waals surface area contributed by atoms with Crippen molar-refractivity contribution >= 4 is 28.7 Å². The van der Waals surface area contributed by atoms with E-state index in [1.165, 1.54) is 6.07 Å². The van der Waals surface area contributed by atoms with Crippen LogP contribution in [0.15, 0.2) is 53.7 Å². The van der Waals surface area contributed by atoms with Gasteiger partial charge < -0.3 is 15.7 Å². The summed E-state index contributed by atoms with van der Waals surface area (Å²) in [4.78, 5) is 21.2. The number of hydrogen-bond donors (Lipinski definition) is 3. The highest BCUT2D eigenvalue weighted by atomic mass is 16.4. The Morgan fingerprint density at radius 3 is 2.50 bits per heavy atom. The fraction of sp³-hybridized carbons (Fsp3) is 0.0714. The third kappa shape index (κ3) is 3.55. The summed E-state index contributed by atoms with van der Waals surface area (Å²) in [7, 11) is 0. The topological polar surface area (TPSA) is 90.8 Å². The fourth-order valence-corrected chi connectivity index (χ4v) is 1.69. The van der Waals surface area contributed by atoms with Gasteiger partial charge in [0.1, 0.15) is 12.2 Å². The first-order chi connectivity index (χ1) is 9.69. The summed E-state index contributed by atoms with van der Waals surface area (Å²) in [6.07, 6.45) is 0. The van der Waals surface area contributed by atoms with Gasteiger partial charge in [0.2, 0.25) is 0 Å². The molecule has 2 aromatic carbocycles. The second kappa shape index (κ2) is 6.33. The van der Waals surface area contributed by atoms with Crippen LogP contribution in [0.1, 0.15) is 0 Å². The van der Waals surface area contributed by atoms with E-state index in [1.54, 1.807) is 12.1 Å². The van der Waals surface area contributed by atoms with Gasteiger partial charge in [-0.25, -0.2) is 0 Å². The lowest BCUT2D eigenvalue weighted by Crippen LogP contribution is -2.12. The van der Waals surface area contributed by atoms with Gasteiger partial charge in [-0.1, -0.05) is 18.2 Å². The first-order valence-electron chi connectivity index (χ1n) is 5.94. The highest BCUT2D eigenvalue weighted by Gasteiger charge is 2.06. The number of anilines is 3. The van der Waals surface area contributed by atoms with Crippen LogP contribution in [-0.4, -0.2) is 17.6 Å². The standard InChI is InChI=1S/C14H13N3O3/c18-14(19)9-15-13-8-11(6-7-12(13)17-20)16-10-4-2-1-3-5-10/h1-8,15-16H,9H2,(H,18,19). The quantitative estimate of drug-likeness (QED) is 0.701. The number of benzene rings is 2. The predicted molar refractivity (Wildman–Crippen MR) is 77.7 cm³/mol. The number of hydrogen-bond acceptors (Lipinski definition) is 5. The molecule has 0 aliphatic carbocycles. The minimum Gasteiger partial charge on any atom is -0.480 e. The smallest absolute Gasteiger partial charge is 0.322 e. The van der Waals surface area contributed by atoms with Crippen molar-refractivity contribution in [2.45, 2.75) is 0 Å². The molecule has 3 N–H and O–H groups in total. The second-order valence-electron chi connectivity index (χ2n) is 4.06. The largest absolute Gasteiger partial charge is 0.480 e. The van der Waals surface area contributed by atoms with Gasteiger partial charge >= 0.3 is 5.97 Å². The average Bonchev–Trinajstić information content (AvgIpc) is 2.46. The maximum absolute atomic E-state index is 10.7. The Morgan fingerprint density at radius 1 is 1.10 bits per heavy atom. The van der Waals surface area contributed by atoms with Crippen LogP contribution in [0.2, 0.25) is 0 Å². The molecule has 20 heavy (non-hydrogen) atoms. The number of rotatable bonds is 6. The van der Waals surface area contributed by atoms with Crippen molar-refractivity contribution in [3.05, 3.63) is 53.4 Å². The Balaban J connectivity index is 2.20. The molecule has 2 rings (SSSR count). The Hall–Kier alpha value is -2.89. The van der Waals surface area contributed by atoms with Crippen LogP contribution in [0.5, 0.6) is 0 Å². The number of nitrogens with zero attached hydrogens (tertiary/aromatic N) is 1. The highest BCUT2D eigenvalue weighted by molar-refractivity contribution is 5.78. The zero-order valence-electron chi connectivity index (χ0n) is 10.5. The molecule has 6 heteroatoms. The number of para-hydroxylation sites is 1. The van der Waals surface area contributed by atoms with Crippen LogP contribution < -0.4 is 10.6 Å². The van der Waals surface area contributed by atoms with Crippen molar-refractivity contribution in [3.63, 3.8) is 0 Å². The Bertz CT molecular complexity index is 614. The molecule has 0 aromatic heterocycles. The van der Waals surface area contributed by atoms with Gasteiger partial charge in [0.05, 0.1) is 5.69 Å². The van der Waals surface area contributed by atoms with Gasteiger partial charge in [-0.3, -0.25) is 4.79 Å². The zero-order chi connectivity index (χ0) is 14.4. The molecule has 0 atom stereocenters. The lowest BCUT2D eigenvalue weighted by molar-refractivity contribution is -0.134. The number of carboxylic acids is 1. The molecule has 0 aliphatic heterocycles. The van der Waals surface area contributed by atoms with Gasteiger partial charge in [0, 0.05) is 11.4 Å². The number of carbonyl (C=O) groups is 1. The van der Waals surface area contributed by atoms with Gasteiger partial charge in [-0.05, 0) is 35.5 Å². The van der Waals surface area contributed by atoms with Crippen LogP contribution >= 0.6 is 0 Å². The van der Waals surface area contributed by atoms with Crippen LogP contribution in [-0.2, 0) is 4.79 Å². The van der Waals surface area contributed by atoms with Gasteiger partial charge in [0.15, 0.2) is 0 Å². The van der Waals surface area contributed by atoms with E-state index in [0.29, 0.717) is 5.69 Å². The molecule has 2 aromatic rings. The molecule has 0 unspecified atom stereocenters. The van der Waals surface area contributed by atoms with Crippen molar-refractivity contribution in [1.29, 1.82) is 0 Å². The molecular weight excluding hydrogens is 258 g/mol. The van der Waals surface area contributed by atoms with E-state index in [2.05, 4.69) is 15.8 Å². The molecular formula is C14H13N3O3. The number of carboxylic acid groups (broad SMARTS) is 1. The molecule has 0 aliphatic rings. The molecule has 0 radical (unpaired) electrons. The Kier molecular flexibility index (Phi) is 4.28. The number of aliphatic carboxylic acids is 1. The summed E-state index contributed by atoms with van der Waals surface area (Å²) in [5.74, 6) is -1.01. The summed E-state index contributed by atoms with van der Waals surface area (Å²) < 4.78 is 0. The minimum absolute atomic E-state index is 0.171. The maximum atomic E-state index is 10.7. The average molecular weight is 271 g/mol. The molecule has 0 saturated heterocycles. The maximum Gasteiger partial charge on any atom is 0.322 e. The summed E-state index contributed by atoms with van der Waals surface area (Å²) in [6.45, 7) is -0.280. The van der Waals surface area contributed by atoms with E-state index >= 15 is 0 Å². The van der Waals surface area contributed by atoms with Crippen molar-refractivity contribution in [2.75, 3.05) is 17.2 Å². The second-order valence-corrected chi connectivity index (χ2v) is 4.06. The summed E-state index contributed by atoms with van der Waals surface area (Å²) in [6, 6.07) is 14.4. The number of nitrogens with one attached hydrogen (secondary N) is 2. The molecule has 6 nitrogen and oxygen atoms in total. The predicted octanol–water partition coefficient (Wildman–Crippen LogP) is 3.32. The highest BCUT2D eigenvalue weighted by Crippen LogP contribution is 2.29. The van der Waals surface area contributed by atoms with Crippen molar-refractivity contribution in [1.82, 2.24) is 0 Å².